The van der Waals surface area contributed by atoms with Crippen molar-refractivity contribution in [3.8, 4) is 5.75 Å². The summed E-state index contributed by atoms with van der Waals surface area (Å²) in [4.78, 5) is 0. The minimum absolute atomic E-state index is 0.0410. The molecule has 1 aliphatic heterocycles. The Morgan fingerprint density at radius 1 is 1.40 bits per heavy atom. The van der Waals surface area contributed by atoms with Gasteiger partial charge in [0.2, 0.25) is 0 Å². The summed E-state index contributed by atoms with van der Waals surface area (Å²) in [6.45, 7) is 10.4. The van der Waals surface area contributed by atoms with Crippen molar-refractivity contribution in [1.29, 1.82) is 0 Å². The van der Waals surface area contributed by atoms with E-state index in [4.69, 9.17) is 4.74 Å². The molecule has 4 nitrogen and oxygen atoms in total. The molecule has 2 rings (SSSR count). The van der Waals surface area contributed by atoms with Gasteiger partial charge in [-0.05, 0) is 6.92 Å². The lowest BCUT2D eigenvalue weighted by Gasteiger charge is -2.39. The van der Waals surface area contributed by atoms with E-state index in [0.29, 0.717) is 0 Å². The number of aromatic amines is 1. The highest BCUT2D eigenvalue weighted by atomic mass is 16.5. The maximum absolute atomic E-state index is 5.98. The molecule has 0 saturated carbocycles. The minimum atomic E-state index is -0.0656. The molecular formula is C11H19N3O. The van der Waals surface area contributed by atoms with Crippen LogP contribution in [0.4, 0.5) is 0 Å². The van der Waals surface area contributed by atoms with Crippen LogP contribution in [-0.2, 0) is 5.41 Å². The zero-order valence-electron chi connectivity index (χ0n) is 9.85. The molecule has 1 aromatic heterocycles. The highest BCUT2D eigenvalue weighted by molar-refractivity contribution is 5.31. The van der Waals surface area contributed by atoms with Crippen LogP contribution in [0.1, 0.15) is 33.4 Å². The van der Waals surface area contributed by atoms with Gasteiger partial charge in [-0.25, -0.2) is 0 Å². The molecule has 0 aromatic carbocycles. The topological polar surface area (TPSA) is 49.9 Å². The van der Waals surface area contributed by atoms with E-state index in [1.165, 1.54) is 0 Å². The minimum Gasteiger partial charge on any atom is -0.481 e. The van der Waals surface area contributed by atoms with E-state index in [2.05, 4.69) is 43.2 Å². The normalized spacial score (nSPS) is 19.7. The highest BCUT2D eigenvalue weighted by Crippen LogP contribution is 2.31. The first-order valence-electron chi connectivity index (χ1n) is 5.34. The summed E-state index contributed by atoms with van der Waals surface area (Å²) < 4.78 is 5.98. The van der Waals surface area contributed by atoms with Crippen molar-refractivity contribution in [3.05, 3.63) is 11.9 Å². The Morgan fingerprint density at radius 2 is 2.07 bits per heavy atom. The van der Waals surface area contributed by atoms with Crippen molar-refractivity contribution >= 4 is 0 Å². The zero-order valence-corrected chi connectivity index (χ0v) is 9.85. The van der Waals surface area contributed by atoms with Gasteiger partial charge in [0.25, 0.3) is 0 Å². The molecular weight excluding hydrogens is 190 g/mol. The van der Waals surface area contributed by atoms with E-state index in [0.717, 1.165) is 24.5 Å². The molecule has 0 aliphatic carbocycles. The Morgan fingerprint density at radius 3 is 2.53 bits per heavy atom. The average Bonchev–Trinajstić information content (AvgIpc) is 2.48. The van der Waals surface area contributed by atoms with Crippen LogP contribution in [0.5, 0.6) is 5.75 Å². The Kier molecular flexibility index (Phi) is 2.26. The van der Waals surface area contributed by atoms with Crippen LogP contribution in [0.15, 0.2) is 6.20 Å². The first-order valence-corrected chi connectivity index (χ1v) is 5.34. The fourth-order valence-corrected chi connectivity index (χ4v) is 1.70. The summed E-state index contributed by atoms with van der Waals surface area (Å²) in [6, 6.07) is 0. The Balaban J connectivity index is 2.18. The van der Waals surface area contributed by atoms with Crippen LogP contribution in [-0.4, -0.2) is 28.9 Å². The fraction of sp³-hybridized carbons (Fsp3) is 0.727. The maximum Gasteiger partial charge on any atom is 0.161 e. The van der Waals surface area contributed by atoms with Gasteiger partial charge in [0.15, 0.2) is 5.75 Å². The predicted molar refractivity (Wildman–Crippen MR) is 59.2 cm³/mol. The number of ether oxygens (including phenoxy) is 1. The molecule has 0 radical (unpaired) electrons. The molecule has 4 heteroatoms. The van der Waals surface area contributed by atoms with Crippen molar-refractivity contribution in [2.45, 2.75) is 38.7 Å². The summed E-state index contributed by atoms with van der Waals surface area (Å²) in [5.41, 5.74) is 1.04. The van der Waals surface area contributed by atoms with Crippen molar-refractivity contribution in [1.82, 2.24) is 15.5 Å². The second-order valence-electron chi connectivity index (χ2n) is 5.51. The zero-order chi connectivity index (χ0) is 11.1. The predicted octanol–water partition coefficient (Wildman–Crippen LogP) is 1.45. The molecule has 1 aromatic rings. The van der Waals surface area contributed by atoms with Crippen LogP contribution in [0, 0.1) is 0 Å². The van der Waals surface area contributed by atoms with Gasteiger partial charge in [-0.15, -0.1) is 0 Å². The van der Waals surface area contributed by atoms with Gasteiger partial charge in [0.05, 0.1) is 11.9 Å². The van der Waals surface area contributed by atoms with Crippen molar-refractivity contribution in [2.24, 2.45) is 0 Å². The van der Waals surface area contributed by atoms with Crippen LogP contribution in [0.2, 0.25) is 0 Å². The SMILES string of the molecule is CC1(Oc2cn[nH]c2C(C)(C)C)CNC1. The number of aromatic nitrogens is 2. The number of nitrogens with zero attached hydrogens (tertiary/aromatic N) is 1. The van der Waals surface area contributed by atoms with Crippen LogP contribution in [0.3, 0.4) is 0 Å². The summed E-state index contributed by atoms with van der Waals surface area (Å²) in [6.07, 6.45) is 1.77. The second kappa shape index (κ2) is 3.23. The maximum atomic E-state index is 5.98. The molecule has 15 heavy (non-hydrogen) atoms. The van der Waals surface area contributed by atoms with Gasteiger partial charge < -0.3 is 10.1 Å². The number of nitrogens with one attached hydrogen (secondary N) is 2. The lowest BCUT2D eigenvalue weighted by molar-refractivity contribution is 0.0332. The summed E-state index contributed by atoms with van der Waals surface area (Å²) in [5.74, 6) is 0.881. The van der Waals surface area contributed by atoms with Gasteiger partial charge in [-0.1, -0.05) is 20.8 Å². The van der Waals surface area contributed by atoms with E-state index in [9.17, 15) is 0 Å². The van der Waals surface area contributed by atoms with E-state index in [1.807, 2.05) is 0 Å². The molecule has 0 bridgehead atoms. The largest absolute Gasteiger partial charge is 0.481 e. The number of rotatable bonds is 2. The quantitative estimate of drug-likeness (QED) is 0.775. The summed E-state index contributed by atoms with van der Waals surface area (Å²) in [7, 11) is 0. The Bertz CT molecular complexity index is 347. The third kappa shape index (κ3) is 2.00. The standard InChI is InChI=1S/C11H19N3O/c1-10(2,3)9-8(5-13-14-9)15-11(4)6-12-7-11/h5,12H,6-7H2,1-4H3,(H,13,14). The molecule has 0 unspecified atom stereocenters. The molecule has 0 amide bonds. The van der Waals surface area contributed by atoms with Crippen molar-refractivity contribution < 1.29 is 4.74 Å². The first kappa shape index (κ1) is 10.5. The number of hydrogen-bond donors (Lipinski definition) is 2. The van der Waals surface area contributed by atoms with Crippen LogP contribution in [0.25, 0.3) is 0 Å². The highest BCUT2D eigenvalue weighted by Gasteiger charge is 2.35. The third-order valence-electron chi connectivity index (χ3n) is 2.71. The van der Waals surface area contributed by atoms with Crippen molar-refractivity contribution in [3.63, 3.8) is 0 Å². The third-order valence-corrected chi connectivity index (χ3v) is 2.71. The molecule has 2 heterocycles. The smallest absolute Gasteiger partial charge is 0.161 e. The van der Waals surface area contributed by atoms with Gasteiger partial charge in [-0.2, -0.15) is 5.10 Å². The van der Waals surface area contributed by atoms with E-state index >= 15 is 0 Å². The number of hydrogen-bond acceptors (Lipinski definition) is 3. The van der Waals surface area contributed by atoms with Crippen molar-refractivity contribution in [2.75, 3.05) is 13.1 Å². The monoisotopic (exact) mass is 209 g/mol. The molecule has 1 saturated heterocycles. The lowest BCUT2D eigenvalue weighted by Crippen LogP contribution is -2.61. The van der Waals surface area contributed by atoms with E-state index in [1.54, 1.807) is 6.20 Å². The van der Waals surface area contributed by atoms with E-state index < -0.39 is 0 Å². The summed E-state index contributed by atoms with van der Waals surface area (Å²) in [5, 5.41) is 10.3. The Labute approximate surface area is 90.4 Å². The van der Waals surface area contributed by atoms with Gasteiger partial charge in [-0.3, -0.25) is 5.10 Å². The lowest BCUT2D eigenvalue weighted by atomic mass is 9.91. The molecule has 1 aliphatic rings. The van der Waals surface area contributed by atoms with Crippen LogP contribution >= 0.6 is 0 Å². The number of H-pyrrole nitrogens is 1. The van der Waals surface area contributed by atoms with Gasteiger partial charge in [0, 0.05) is 18.5 Å². The molecule has 0 spiro atoms. The van der Waals surface area contributed by atoms with E-state index in [-0.39, 0.29) is 11.0 Å². The molecule has 2 N–H and O–H groups in total. The average molecular weight is 209 g/mol. The molecule has 0 atom stereocenters. The first-order chi connectivity index (χ1) is 6.91. The van der Waals surface area contributed by atoms with Crippen LogP contribution < -0.4 is 10.1 Å². The second-order valence-corrected chi connectivity index (χ2v) is 5.51. The summed E-state index contributed by atoms with van der Waals surface area (Å²) >= 11 is 0. The Hall–Kier alpha value is -1.03. The molecule has 84 valence electrons. The molecule has 1 fully saturated rings. The van der Waals surface area contributed by atoms with Gasteiger partial charge >= 0.3 is 0 Å². The van der Waals surface area contributed by atoms with Gasteiger partial charge in [0.1, 0.15) is 5.60 Å². The fourth-order valence-electron chi connectivity index (χ4n) is 1.70.